The van der Waals surface area contributed by atoms with E-state index in [0.717, 1.165) is 5.19 Å². The molecule has 0 aromatic heterocycles. The van der Waals surface area contributed by atoms with Gasteiger partial charge >= 0.3 is 0 Å². The Labute approximate surface area is 250 Å². The van der Waals surface area contributed by atoms with Crippen LogP contribution in [0.1, 0.15) is 125 Å². The van der Waals surface area contributed by atoms with E-state index in [-0.39, 0.29) is 32.5 Å². The van der Waals surface area contributed by atoms with Crippen LogP contribution in [0.3, 0.4) is 0 Å². The first kappa shape index (κ1) is 36.8. The summed E-state index contributed by atoms with van der Waals surface area (Å²) in [5.74, 6) is -1.05. The molecule has 0 radical (unpaired) electrons. The van der Waals surface area contributed by atoms with Gasteiger partial charge in [0.05, 0.1) is 28.6 Å². The molecule has 0 amide bonds. The highest BCUT2D eigenvalue weighted by molar-refractivity contribution is 6.78. The predicted molar refractivity (Wildman–Crippen MR) is 187 cm³/mol. The van der Waals surface area contributed by atoms with Crippen LogP contribution in [0.2, 0.25) is 16.6 Å². The van der Waals surface area contributed by atoms with Crippen LogP contribution < -0.4 is 21.0 Å². The maximum atomic E-state index is 16.4. The molecule has 0 saturated heterocycles. The molecule has 0 N–H and O–H groups in total. The zero-order valence-corrected chi connectivity index (χ0v) is 33.9. The summed E-state index contributed by atoms with van der Waals surface area (Å²) in [6.07, 6.45) is 0. The van der Waals surface area contributed by atoms with Crippen molar-refractivity contribution in [2.24, 2.45) is 32.5 Å². The number of hydrogen-bond acceptors (Lipinski definition) is 0. The topological polar surface area (TPSA) is 0 Å². The lowest BCUT2D eigenvalue weighted by Crippen LogP contribution is -2.62. The molecule has 39 heavy (non-hydrogen) atoms. The molecular weight excluding hydrogens is 529 g/mol. The number of benzene rings is 1. The average Bonchev–Trinajstić information content (AvgIpc) is 2.63. The summed E-state index contributed by atoms with van der Waals surface area (Å²) >= 11 is 0. The summed E-state index contributed by atoms with van der Waals surface area (Å²) in [5.41, 5.74) is 2.51. The van der Waals surface area contributed by atoms with Crippen LogP contribution in [0.25, 0.3) is 0 Å². The minimum Gasteiger partial charge on any atom is -0.204 e. The largest absolute Gasteiger partial charge is 0.204 e. The minimum atomic E-state index is -1.11. The van der Waals surface area contributed by atoms with E-state index in [4.69, 9.17) is 0 Å². The normalized spacial score (nSPS) is 15.7. The van der Waals surface area contributed by atoms with Gasteiger partial charge in [0.2, 0.25) is 0 Å². The Balaban J connectivity index is 4.21. The molecule has 0 aliphatic rings. The molecule has 0 aliphatic heterocycles. The average molecular weight is 595 g/mol. The molecule has 1 aromatic carbocycles. The van der Waals surface area contributed by atoms with E-state index in [9.17, 15) is 0 Å². The Morgan fingerprint density at radius 3 is 0.897 bits per heavy atom. The maximum Gasteiger partial charge on any atom is 0.156 e. The molecule has 0 fully saturated rings. The van der Waals surface area contributed by atoms with Crippen molar-refractivity contribution >= 4 is 57.4 Å². The molecule has 0 nitrogen and oxygen atoms in total. The highest BCUT2D eigenvalue weighted by atomic mass is 28.2. The van der Waals surface area contributed by atoms with E-state index in [0.29, 0.717) is 22.1 Å². The first-order chi connectivity index (χ1) is 16.9. The fraction of sp³-hybridized carbons (Fsp3) is 0.818. The van der Waals surface area contributed by atoms with Crippen molar-refractivity contribution in [3.05, 3.63) is 11.6 Å². The van der Waals surface area contributed by atoms with Crippen LogP contribution in [0.15, 0.2) is 0 Å². The summed E-state index contributed by atoms with van der Waals surface area (Å²) in [5, 5.41) is 3.50. The SMILES string of the molecule is Bc1c(F)c(F)c([SiH2]C(C(C)(C)C)C(C)(C)C)c([SiH2]C(C(C)(C)C)C(C)(C)C)c1[SiH2]C(C(C)(C)C)C(C)(C)C. The maximum absolute atomic E-state index is 16.4. The monoisotopic (exact) mass is 594 g/mol. The highest BCUT2D eigenvalue weighted by Gasteiger charge is 2.42. The standard InChI is InChI=1S/C33H65BF2Si3/c1-28(2,3)25(29(4,5)6)37-22-19(34)20(35)21(36)23(38-26(30(7,8)9)31(10,11)12)24(22)39-27(32(13,14)15)33(16,17)18/h25-27H,34,37-39H2,1-18H3. The van der Waals surface area contributed by atoms with Crippen LogP contribution >= 0.6 is 0 Å². The molecular formula is C33H65BF2Si3. The Morgan fingerprint density at radius 2 is 0.641 bits per heavy atom. The first-order valence-electron chi connectivity index (χ1n) is 15.4. The van der Waals surface area contributed by atoms with Gasteiger partial charge in [-0.15, -0.1) is 0 Å². The second kappa shape index (κ2) is 11.8. The van der Waals surface area contributed by atoms with Gasteiger partial charge in [0.1, 0.15) is 7.85 Å². The van der Waals surface area contributed by atoms with Gasteiger partial charge in [0.25, 0.3) is 0 Å². The van der Waals surface area contributed by atoms with Crippen molar-refractivity contribution in [2.75, 3.05) is 0 Å². The quantitative estimate of drug-likeness (QED) is 0.395. The fourth-order valence-corrected chi connectivity index (χ4v) is 17.6. The van der Waals surface area contributed by atoms with Crippen molar-refractivity contribution in [1.82, 2.24) is 0 Å². The second-order valence-corrected chi connectivity index (χ2v) is 25.0. The van der Waals surface area contributed by atoms with Crippen LogP contribution in [-0.4, -0.2) is 36.4 Å². The van der Waals surface area contributed by atoms with Gasteiger partial charge in [-0.2, -0.15) is 0 Å². The van der Waals surface area contributed by atoms with E-state index in [1.165, 1.54) is 10.4 Å². The zero-order chi connectivity index (χ0) is 31.3. The molecule has 0 heterocycles. The van der Waals surface area contributed by atoms with Gasteiger partial charge in [-0.3, -0.25) is 0 Å². The number of hydrogen-bond donors (Lipinski definition) is 0. The minimum absolute atomic E-state index is 0.0432. The molecule has 0 spiro atoms. The van der Waals surface area contributed by atoms with Gasteiger partial charge in [-0.1, -0.05) is 140 Å². The zero-order valence-electron chi connectivity index (χ0n) is 29.6. The van der Waals surface area contributed by atoms with E-state index < -0.39 is 40.2 Å². The van der Waals surface area contributed by atoms with E-state index in [1.54, 1.807) is 0 Å². The van der Waals surface area contributed by atoms with Gasteiger partial charge < -0.3 is 0 Å². The van der Waals surface area contributed by atoms with Gasteiger partial charge in [-0.05, 0) is 54.3 Å². The molecule has 0 atom stereocenters. The molecule has 0 unspecified atom stereocenters. The second-order valence-electron chi connectivity index (χ2n) is 19.2. The molecule has 1 rings (SSSR count). The Bertz CT molecular complexity index is 888. The third-order valence-electron chi connectivity index (χ3n) is 9.47. The lowest BCUT2D eigenvalue weighted by atomic mass is 9.76. The van der Waals surface area contributed by atoms with Gasteiger partial charge in [-0.25, -0.2) is 8.78 Å². The van der Waals surface area contributed by atoms with E-state index in [1.807, 2.05) is 7.85 Å². The summed E-state index contributed by atoms with van der Waals surface area (Å²) in [4.78, 5) is 0. The highest BCUT2D eigenvalue weighted by Crippen LogP contribution is 2.46. The first-order valence-corrected chi connectivity index (χ1v) is 20.0. The van der Waals surface area contributed by atoms with Gasteiger partial charge in [0, 0.05) is 0 Å². The molecule has 0 saturated carbocycles. The fourth-order valence-electron chi connectivity index (χ4n) is 8.05. The number of halogens is 2. The third-order valence-corrected chi connectivity index (χ3v) is 22.8. The molecule has 226 valence electrons. The Morgan fingerprint density at radius 1 is 0.410 bits per heavy atom. The molecule has 0 aliphatic carbocycles. The Kier molecular flexibility index (Phi) is 11.2. The Hall–Kier alpha value is -0.204. The summed E-state index contributed by atoms with van der Waals surface area (Å²) in [6, 6.07) is 0. The number of rotatable bonds is 6. The van der Waals surface area contributed by atoms with Crippen molar-refractivity contribution in [3.8, 4) is 0 Å². The predicted octanol–water partition coefficient (Wildman–Crippen LogP) is 5.25. The summed E-state index contributed by atoms with van der Waals surface area (Å²) in [6.45, 7) is 42.0. The molecule has 0 bridgehead atoms. The van der Waals surface area contributed by atoms with Crippen molar-refractivity contribution in [2.45, 2.75) is 141 Å². The third kappa shape index (κ3) is 9.40. The van der Waals surface area contributed by atoms with Crippen molar-refractivity contribution < 1.29 is 8.78 Å². The lowest BCUT2D eigenvalue weighted by molar-refractivity contribution is 0.232. The summed E-state index contributed by atoms with van der Waals surface area (Å²) < 4.78 is 32.4. The van der Waals surface area contributed by atoms with Crippen LogP contribution in [0, 0.1) is 44.1 Å². The van der Waals surface area contributed by atoms with E-state index in [2.05, 4.69) is 125 Å². The van der Waals surface area contributed by atoms with Crippen LogP contribution in [-0.2, 0) is 0 Å². The smallest absolute Gasteiger partial charge is 0.156 e. The molecule has 6 heteroatoms. The lowest BCUT2D eigenvalue weighted by Gasteiger charge is -2.44. The summed E-state index contributed by atoms with van der Waals surface area (Å²) in [7, 11) is -1.05. The molecule has 1 aromatic rings. The van der Waals surface area contributed by atoms with Crippen molar-refractivity contribution in [3.63, 3.8) is 0 Å². The van der Waals surface area contributed by atoms with Gasteiger partial charge in [0.15, 0.2) is 11.6 Å². The van der Waals surface area contributed by atoms with Crippen molar-refractivity contribution in [1.29, 1.82) is 0 Å². The van der Waals surface area contributed by atoms with Crippen LogP contribution in [0.4, 0.5) is 8.78 Å². The van der Waals surface area contributed by atoms with E-state index >= 15 is 8.78 Å². The van der Waals surface area contributed by atoms with Crippen LogP contribution in [0.5, 0.6) is 0 Å².